The Morgan fingerprint density at radius 2 is 2.00 bits per heavy atom. The van der Waals surface area contributed by atoms with Crippen LogP contribution in [0, 0.1) is 12.3 Å². The van der Waals surface area contributed by atoms with Crippen LogP contribution in [0.3, 0.4) is 0 Å². The number of benzene rings is 2. The average Bonchev–Trinajstić information content (AvgIpc) is 3.11. The lowest BCUT2D eigenvalue weighted by molar-refractivity contribution is 0.0746. The summed E-state index contributed by atoms with van der Waals surface area (Å²) >= 11 is 0. The molecule has 1 unspecified atom stereocenters. The van der Waals surface area contributed by atoms with Crippen LogP contribution in [0.4, 0.5) is 5.69 Å². The lowest BCUT2D eigenvalue weighted by atomic mass is 10.0. The Morgan fingerprint density at radius 3 is 2.61 bits per heavy atom. The molecule has 1 aliphatic heterocycles. The monoisotopic (exact) mass is 378 g/mol. The first kappa shape index (κ1) is 19.9. The van der Waals surface area contributed by atoms with Gasteiger partial charge in [-0.2, -0.15) is 0 Å². The number of carbonyl (C=O) groups excluding carboxylic acids is 1. The number of carbonyl (C=O) groups is 1. The Morgan fingerprint density at radius 1 is 1.25 bits per heavy atom. The van der Waals surface area contributed by atoms with Crippen LogP contribution >= 0.6 is 0 Å². The highest BCUT2D eigenvalue weighted by atomic mass is 16.2. The number of nitrogen functional groups attached to an aromatic ring is 1. The van der Waals surface area contributed by atoms with E-state index in [4.69, 9.17) is 11.1 Å². The summed E-state index contributed by atoms with van der Waals surface area (Å²) in [6.45, 7) is 5.91. The summed E-state index contributed by atoms with van der Waals surface area (Å²) in [5.74, 6) is 0.257. The summed E-state index contributed by atoms with van der Waals surface area (Å²) < 4.78 is 0. The largest absolute Gasteiger partial charge is 0.385 e. The molecular weight excluding hydrogens is 348 g/mol. The Balaban J connectivity index is 1.50. The van der Waals surface area contributed by atoms with Crippen molar-refractivity contribution in [1.29, 1.82) is 5.41 Å². The van der Waals surface area contributed by atoms with E-state index in [2.05, 4.69) is 24.4 Å². The van der Waals surface area contributed by atoms with E-state index < -0.39 is 0 Å². The third-order valence-electron chi connectivity index (χ3n) is 5.50. The van der Waals surface area contributed by atoms with Gasteiger partial charge in [0.05, 0.1) is 0 Å². The first-order valence-corrected chi connectivity index (χ1v) is 10.0. The zero-order valence-corrected chi connectivity index (χ0v) is 16.8. The van der Waals surface area contributed by atoms with Gasteiger partial charge in [-0.1, -0.05) is 12.1 Å². The molecule has 0 bridgehead atoms. The van der Waals surface area contributed by atoms with Gasteiger partial charge in [0.1, 0.15) is 5.84 Å². The molecule has 148 valence electrons. The number of amides is 1. The van der Waals surface area contributed by atoms with Crippen molar-refractivity contribution in [2.24, 2.45) is 5.73 Å². The van der Waals surface area contributed by atoms with Gasteiger partial charge < -0.3 is 16.0 Å². The quantitative estimate of drug-likeness (QED) is 0.388. The standard InChI is InChI=1S/C23H30N4O/c1-16-15-18(7-12-21(16)23(28)27-14-4-5-17(27)2)6-3-13-26-20-10-8-19(9-11-20)22(24)25/h7-12,15,17,26H,3-6,13-14H2,1-2H3,(H3,24,25). The van der Waals surface area contributed by atoms with Crippen molar-refractivity contribution in [1.82, 2.24) is 4.90 Å². The SMILES string of the molecule is Cc1cc(CCCNc2ccc(C(=N)N)cc2)ccc1C(=O)N1CCCC1C. The number of aryl methyl sites for hydroxylation is 2. The number of nitrogens with one attached hydrogen (secondary N) is 2. The minimum absolute atomic E-state index is 0.0861. The molecule has 1 amide bonds. The highest BCUT2D eigenvalue weighted by Gasteiger charge is 2.26. The van der Waals surface area contributed by atoms with Gasteiger partial charge in [-0.15, -0.1) is 0 Å². The molecule has 4 N–H and O–H groups in total. The molecule has 0 spiro atoms. The zero-order chi connectivity index (χ0) is 20.1. The molecule has 1 fully saturated rings. The van der Waals surface area contributed by atoms with Gasteiger partial charge in [-0.05, 0) is 81.0 Å². The predicted octanol–water partition coefficient (Wildman–Crippen LogP) is 3.95. The van der Waals surface area contributed by atoms with Gasteiger partial charge in [0.2, 0.25) is 0 Å². The topological polar surface area (TPSA) is 82.2 Å². The molecule has 1 heterocycles. The second-order valence-corrected chi connectivity index (χ2v) is 7.66. The predicted molar refractivity (Wildman–Crippen MR) is 115 cm³/mol. The summed E-state index contributed by atoms with van der Waals surface area (Å²) in [6.07, 6.45) is 4.18. The summed E-state index contributed by atoms with van der Waals surface area (Å²) in [4.78, 5) is 14.8. The number of rotatable bonds is 7. The van der Waals surface area contributed by atoms with Crippen LogP contribution in [0.1, 0.15) is 53.2 Å². The molecule has 0 radical (unpaired) electrons. The van der Waals surface area contributed by atoms with E-state index in [1.165, 1.54) is 5.56 Å². The molecule has 0 saturated carbocycles. The Bertz CT molecular complexity index is 844. The number of hydrogen-bond donors (Lipinski definition) is 3. The zero-order valence-electron chi connectivity index (χ0n) is 16.8. The van der Waals surface area contributed by atoms with Crippen molar-refractivity contribution in [3.8, 4) is 0 Å². The van der Waals surface area contributed by atoms with E-state index in [1.54, 1.807) is 0 Å². The van der Waals surface area contributed by atoms with Crippen molar-refractivity contribution in [2.45, 2.75) is 45.6 Å². The maximum Gasteiger partial charge on any atom is 0.254 e. The van der Waals surface area contributed by atoms with Gasteiger partial charge in [0.25, 0.3) is 5.91 Å². The summed E-state index contributed by atoms with van der Waals surface area (Å²) in [6, 6.07) is 14.2. The third kappa shape index (κ3) is 4.71. The highest BCUT2D eigenvalue weighted by molar-refractivity contribution is 5.96. The smallest absolute Gasteiger partial charge is 0.254 e. The van der Waals surface area contributed by atoms with Crippen LogP contribution in [0.15, 0.2) is 42.5 Å². The summed E-state index contributed by atoms with van der Waals surface area (Å²) in [5, 5.41) is 10.8. The molecule has 2 aromatic carbocycles. The lowest BCUT2D eigenvalue weighted by Gasteiger charge is -2.22. The molecule has 3 rings (SSSR count). The fourth-order valence-corrected chi connectivity index (χ4v) is 3.80. The van der Waals surface area contributed by atoms with Crippen LogP contribution in [0.25, 0.3) is 0 Å². The lowest BCUT2D eigenvalue weighted by Crippen LogP contribution is -2.34. The van der Waals surface area contributed by atoms with Crippen LogP contribution < -0.4 is 11.1 Å². The Labute approximate surface area is 167 Å². The normalized spacial score (nSPS) is 16.2. The van der Waals surface area contributed by atoms with Crippen molar-refractivity contribution < 1.29 is 4.79 Å². The van der Waals surface area contributed by atoms with Gasteiger partial charge in [0, 0.05) is 35.9 Å². The molecular formula is C23H30N4O. The fraction of sp³-hybridized carbons (Fsp3) is 0.391. The molecule has 1 saturated heterocycles. The van der Waals surface area contributed by atoms with Gasteiger partial charge in [0.15, 0.2) is 0 Å². The van der Waals surface area contributed by atoms with Crippen LogP contribution in [-0.4, -0.2) is 35.8 Å². The molecule has 1 atom stereocenters. The average molecular weight is 379 g/mol. The number of nitrogens with zero attached hydrogens (tertiary/aromatic N) is 1. The maximum absolute atomic E-state index is 12.8. The number of anilines is 1. The van der Waals surface area contributed by atoms with Crippen LogP contribution in [-0.2, 0) is 6.42 Å². The van der Waals surface area contributed by atoms with Gasteiger partial charge >= 0.3 is 0 Å². The van der Waals surface area contributed by atoms with Crippen LogP contribution in [0.5, 0.6) is 0 Å². The van der Waals surface area contributed by atoms with Crippen LogP contribution in [0.2, 0.25) is 0 Å². The second-order valence-electron chi connectivity index (χ2n) is 7.66. The van der Waals surface area contributed by atoms with E-state index >= 15 is 0 Å². The van der Waals surface area contributed by atoms with Crippen molar-refractivity contribution in [3.05, 3.63) is 64.7 Å². The Kier molecular flexibility index (Phi) is 6.34. The summed E-state index contributed by atoms with van der Waals surface area (Å²) in [7, 11) is 0. The van der Waals surface area contributed by atoms with E-state index in [0.717, 1.165) is 61.2 Å². The minimum atomic E-state index is 0.0861. The van der Waals surface area contributed by atoms with Gasteiger partial charge in [-0.3, -0.25) is 10.2 Å². The fourth-order valence-electron chi connectivity index (χ4n) is 3.80. The number of hydrogen-bond acceptors (Lipinski definition) is 3. The van der Waals surface area contributed by atoms with Gasteiger partial charge in [-0.25, -0.2) is 0 Å². The first-order chi connectivity index (χ1) is 13.5. The first-order valence-electron chi connectivity index (χ1n) is 10.0. The molecule has 28 heavy (non-hydrogen) atoms. The molecule has 0 aromatic heterocycles. The molecule has 5 nitrogen and oxygen atoms in total. The molecule has 0 aliphatic carbocycles. The second kappa shape index (κ2) is 8.91. The molecule has 2 aromatic rings. The van der Waals surface area contributed by atoms with E-state index in [1.807, 2.05) is 42.2 Å². The molecule has 1 aliphatic rings. The van der Waals surface area contributed by atoms with Crippen molar-refractivity contribution in [2.75, 3.05) is 18.4 Å². The number of amidine groups is 1. The Hall–Kier alpha value is -2.82. The van der Waals surface area contributed by atoms with E-state index in [-0.39, 0.29) is 11.7 Å². The maximum atomic E-state index is 12.8. The van der Waals surface area contributed by atoms with E-state index in [0.29, 0.717) is 6.04 Å². The third-order valence-corrected chi connectivity index (χ3v) is 5.50. The minimum Gasteiger partial charge on any atom is -0.385 e. The molecule has 5 heteroatoms. The van der Waals surface area contributed by atoms with E-state index in [9.17, 15) is 4.79 Å². The highest BCUT2D eigenvalue weighted by Crippen LogP contribution is 2.22. The number of nitrogens with two attached hydrogens (primary N) is 1. The van der Waals surface area contributed by atoms with Crippen molar-refractivity contribution >= 4 is 17.4 Å². The van der Waals surface area contributed by atoms with Crippen molar-refractivity contribution in [3.63, 3.8) is 0 Å². The number of likely N-dealkylation sites (tertiary alicyclic amines) is 1. The summed E-state index contributed by atoms with van der Waals surface area (Å²) in [5.41, 5.74) is 10.4.